The van der Waals surface area contributed by atoms with E-state index in [1.165, 1.54) is 0 Å². The van der Waals surface area contributed by atoms with Crippen LogP contribution in [0.15, 0.2) is 35.7 Å². The molecule has 0 fully saturated rings. The number of nitrogens with two attached hydrogens (primary N) is 1. The summed E-state index contributed by atoms with van der Waals surface area (Å²) in [5.74, 6) is -0.0812. The third-order valence-corrected chi connectivity index (χ3v) is 4.22. The number of amides is 1. The van der Waals surface area contributed by atoms with E-state index in [0.29, 0.717) is 36.0 Å². The van der Waals surface area contributed by atoms with Crippen LogP contribution < -0.4 is 5.73 Å². The van der Waals surface area contributed by atoms with Gasteiger partial charge in [-0.3, -0.25) is 4.79 Å². The maximum Gasteiger partial charge on any atom is 0.254 e. The van der Waals surface area contributed by atoms with Crippen molar-refractivity contribution < 1.29 is 9.53 Å². The van der Waals surface area contributed by atoms with E-state index in [2.05, 4.69) is 0 Å². The second kappa shape index (κ2) is 7.45. The summed E-state index contributed by atoms with van der Waals surface area (Å²) in [6.45, 7) is 1.57. The van der Waals surface area contributed by atoms with Crippen LogP contribution in [-0.2, 0) is 11.3 Å². The Morgan fingerprint density at radius 1 is 1.43 bits per heavy atom. The van der Waals surface area contributed by atoms with Crippen molar-refractivity contribution >= 4 is 34.5 Å². The normalized spacial score (nSPS) is 10.6. The zero-order valence-corrected chi connectivity index (χ0v) is 13.3. The molecule has 1 heterocycles. The maximum atomic E-state index is 12.6. The molecule has 4 nitrogen and oxygen atoms in total. The molecule has 112 valence electrons. The Labute approximate surface area is 133 Å². The first kappa shape index (κ1) is 15.8. The molecule has 6 heteroatoms. The number of methoxy groups -OCH3 is 1. The Bertz CT molecular complexity index is 602. The second-order valence-electron chi connectivity index (χ2n) is 4.54. The first-order valence-electron chi connectivity index (χ1n) is 6.47. The van der Waals surface area contributed by atoms with E-state index in [1.807, 2.05) is 17.5 Å². The number of thiophene rings is 1. The number of nitrogens with zero attached hydrogens (tertiary/aromatic N) is 1. The van der Waals surface area contributed by atoms with Crippen LogP contribution in [0.4, 0.5) is 5.69 Å². The molecule has 2 aromatic rings. The highest BCUT2D eigenvalue weighted by Gasteiger charge is 2.17. The fourth-order valence-corrected chi connectivity index (χ4v) is 2.79. The number of hydrogen-bond donors (Lipinski definition) is 1. The molecule has 0 bridgehead atoms. The third kappa shape index (κ3) is 4.20. The number of carbonyl (C=O) groups excluding carboxylic acids is 1. The molecule has 0 spiro atoms. The summed E-state index contributed by atoms with van der Waals surface area (Å²) in [5, 5.41) is 2.39. The summed E-state index contributed by atoms with van der Waals surface area (Å²) in [4.78, 5) is 15.5. The Kier molecular flexibility index (Phi) is 5.61. The van der Waals surface area contributed by atoms with E-state index in [0.717, 1.165) is 4.88 Å². The summed E-state index contributed by atoms with van der Waals surface area (Å²) in [6.07, 6.45) is 0. The highest BCUT2D eigenvalue weighted by molar-refractivity contribution is 7.09. The van der Waals surface area contributed by atoms with E-state index < -0.39 is 0 Å². The number of nitrogen functional groups attached to an aromatic ring is 1. The van der Waals surface area contributed by atoms with Gasteiger partial charge in [-0.05, 0) is 29.6 Å². The van der Waals surface area contributed by atoms with Gasteiger partial charge in [-0.25, -0.2) is 0 Å². The smallest absolute Gasteiger partial charge is 0.254 e. The topological polar surface area (TPSA) is 55.6 Å². The van der Waals surface area contributed by atoms with Gasteiger partial charge in [0.15, 0.2) is 0 Å². The Morgan fingerprint density at radius 2 is 2.24 bits per heavy atom. The van der Waals surface area contributed by atoms with Gasteiger partial charge in [0.2, 0.25) is 0 Å². The molecule has 1 amide bonds. The molecule has 0 aliphatic heterocycles. The fraction of sp³-hybridized carbons (Fsp3) is 0.267. The number of rotatable bonds is 6. The third-order valence-electron chi connectivity index (χ3n) is 3.03. The zero-order chi connectivity index (χ0) is 15.2. The molecule has 0 saturated heterocycles. The lowest BCUT2D eigenvalue weighted by molar-refractivity contribution is 0.0682. The summed E-state index contributed by atoms with van der Waals surface area (Å²) >= 11 is 7.61. The van der Waals surface area contributed by atoms with Crippen molar-refractivity contribution in [2.24, 2.45) is 0 Å². The van der Waals surface area contributed by atoms with Crippen molar-refractivity contribution in [3.05, 3.63) is 51.2 Å². The van der Waals surface area contributed by atoms with Gasteiger partial charge in [0.05, 0.1) is 23.9 Å². The van der Waals surface area contributed by atoms with E-state index in [4.69, 9.17) is 22.1 Å². The van der Waals surface area contributed by atoms with Gasteiger partial charge in [0, 0.05) is 24.1 Å². The average molecular weight is 325 g/mol. The molecule has 0 unspecified atom stereocenters. The van der Waals surface area contributed by atoms with Crippen LogP contribution in [0, 0.1) is 0 Å². The molecule has 0 aliphatic rings. The number of halogens is 1. The lowest BCUT2D eigenvalue weighted by Crippen LogP contribution is -2.33. The van der Waals surface area contributed by atoms with Gasteiger partial charge in [-0.15, -0.1) is 11.3 Å². The molecular formula is C15H17ClN2O2S. The monoisotopic (exact) mass is 324 g/mol. The number of anilines is 1. The van der Waals surface area contributed by atoms with Crippen molar-refractivity contribution in [3.63, 3.8) is 0 Å². The largest absolute Gasteiger partial charge is 0.398 e. The number of ether oxygens (including phenoxy) is 1. The molecule has 21 heavy (non-hydrogen) atoms. The van der Waals surface area contributed by atoms with Gasteiger partial charge < -0.3 is 15.4 Å². The molecule has 2 rings (SSSR count). The van der Waals surface area contributed by atoms with Crippen LogP contribution >= 0.6 is 22.9 Å². The van der Waals surface area contributed by atoms with E-state index in [9.17, 15) is 4.79 Å². The molecular weight excluding hydrogens is 308 g/mol. The van der Waals surface area contributed by atoms with Crippen LogP contribution in [-0.4, -0.2) is 31.1 Å². The molecule has 0 radical (unpaired) electrons. The highest BCUT2D eigenvalue weighted by atomic mass is 35.5. The first-order chi connectivity index (χ1) is 10.1. The summed E-state index contributed by atoms with van der Waals surface area (Å²) in [7, 11) is 1.62. The highest BCUT2D eigenvalue weighted by Crippen LogP contribution is 2.21. The molecule has 0 aliphatic carbocycles. The quantitative estimate of drug-likeness (QED) is 0.830. The van der Waals surface area contributed by atoms with Gasteiger partial charge in [-0.1, -0.05) is 17.7 Å². The van der Waals surface area contributed by atoms with Crippen molar-refractivity contribution in [2.45, 2.75) is 6.54 Å². The standard InChI is InChI=1S/C15H17ClN2O2S/c1-20-7-6-18(10-12-3-2-8-21-12)15(19)11-4-5-14(17)13(16)9-11/h2-5,8-9H,6-7,10,17H2,1H3. The van der Waals surface area contributed by atoms with E-state index in [1.54, 1.807) is 41.5 Å². The van der Waals surface area contributed by atoms with Gasteiger partial charge in [0.1, 0.15) is 0 Å². The number of carbonyl (C=O) groups is 1. The van der Waals surface area contributed by atoms with Crippen LogP contribution in [0.3, 0.4) is 0 Å². The minimum absolute atomic E-state index is 0.0812. The van der Waals surface area contributed by atoms with Gasteiger partial charge >= 0.3 is 0 Å². The maximum absolute atomic E-state index is 12.6. The Hall–Kier alpha value is -1.56. The molecule has 1 aromatic heterocycles. The fourth-order valence-electron chi connectivity index (χ4n) is 1.89. The average Bonchev–Trinajstić information content (AvgIpc) is 2.98. The van der Waals surface area contributed by atoms with Crippen molar-refractivity contribution in [2.75, 3.05) is 26.0 Å². The molecule has 2 N–H and O–H groups in total. The van der Waals surface area contributed by atoms with E-state index >= 15 is 0 Å². The first-order valence-corrected chi connectivity index (χ1v) is 7.73. The molecule has 1 aromatic carbocycles. The minimum atomic E-state index is -0.0812. The SMILES string of the molecule is COCCN(Cc1cccs1)C(=O)c1ccc(N)c(Cl)c1. The lowest BCUT2D eigenvalue weighted by atomic mass is 10.1. The summed E-state index contributed by atoms with van der Waals surface area (Å²) in [6, 6.07) is 8.92. The van der Waals surface area contributed by atoms with Crippen LogP contribution in [0.1, 0.15) is 15.2 Å². The summed E-state index contributed by atoms with van der Waals surface area (Å²) in [5.41, 5.74) is 6.68. The second-order valence-corrected chi connectivity index (χ2v) is 5.97. The molecule has 0 atom stereocenters. The predicted octanol–water partition coefficient (Wildman–Crippen LogP) is 3.27. The number of benzene rings is 1. The van der Waals surface area contributed by atoms with Gasteiger partial charge in [0.25, 0.3) is 5.91 Å². The van der Waals surface area contributed by atoms with Crippen molar-refractivity contribution in [1.29, 1.82) is 0 Å². The Balaban J connectivity index is 2.18. The van der Waals surface area contributed by atoms with Crippen LogP contribution in [0.2, 0.25) is 5.02 Å². The van der Waals surface area contributed by atoms with Gasteiger partial charge in [-0.2, -0.15) is 0 Å². The van der Waals surface area contributed by atoms with Crippen molar-refractivity contribution in [3.8, 4) is 0 Å². The van der Waals surface area contributed by atoms with Crippen LogP contribution in [0.25, 0.3) is 0 Å². The Morgan fingerprint density at radius 3 is 2.86 bits per heavy atom. The van der Waals surface area contributed by atoms with Crippen molar-refractivity contribution in [1.82, 2.24) is 4.90 Å². The predicted molar refractivity (Wildman–Crippen MR) is 86.8 cm³/mol. The lowest BCUT2D eigenvalue weighted by Gasteiger charge is -2.22. The summed E-state index contributed by atoms with van der Waals surface area (Å²) < 4.78 is 5.08. The zero-order valence-electron chi connectivity index (χ0n) is 11.7. The minimum Gasteiger partial charge on any atom is -0.398 e. The van der Waals surface area contributed by atoms with E-state index in [-0.39, 0.29) is 5.91 Å². The number of hydrogen-bond acceptors (Lipinski definition) is 4. The van der Waals surface area contributed by atoms with Crippen LogP contribution in [0.5, 0.6) is 0 Å². The molecule has 0 saturated carbocycles.